The first-order valence-electron chi connectivity index (χ1n) is 14.8. The summed E-state index contributed by atoms with van der Waals surface area (Å²) in [7, 11) is 3.28. The Morgan fingerprint density at radius 1 is 1.12 bits per heavy atom. The minimum atomic E-state index is -0.0265. The smallest absolute Gasteiger partial charge is 0.261 e. The van der Waals surface area contributed by atoms with E-state index >= 15 is 0 Å². The monoisotopic (exact) mass is 597 g/mol. The van der Waals surface area contributed by atoms with Crippen LogP contribution in [0.25, 0.3) is 0 Å². The Hall–Kier alpha value is -3.40. The Labute approximate surface area is 257 Å². The summed E-state index contributed by atoms with van der Waals surface area (Å²) < 4.78 is 5.22. The molecule has 5 N–H and O–H groups in total. The van der Waals surface area contributed by atoms with Crippen LogP contribution in [0.15, 0.2) is 78.0 Å². The van der Waals surface area contributed by atoms with Crippen molar-refractivity contribution in [2.45, 2.75) is 52.4 Å². The molecule has 8 nitrogen and oxygen atoms in total. The number of nitrogens with one attached hydrogen (secondary N) is 2. The predicted octanol–water partition coefficient (Wildman–Crippen LogP) is 5.31. The molecule has 0 bridgehead atoms. The molecule has 0 unspecified atom stereocenters. The van der Waals surface area contributed by atoms with Gasteiger partial charge in [0.25, 0.3) is 5.91 Å². The summed E-state index contributed by atoms with van der Waals surface area (Å²) in [5.41, 5.74) is 6.74. The number of rotatable bonds is 18. The van der Waals surface area contributed by atoms with Gasteiger partial charge in [-0.2, -0.15) is 0 Å². The molecule has 42 heavy (non-hydrogen) atoms. The molecule has 0 saturated heterocycles. The van der Waals surface area contributed by atoms with Crippen molar-refractivity contribution < 1.29 is 14.6 Å². The molecule has 9 heteroatoms. The van der Waals surface area contributed by atoms with E-state index in [2.05, 4.69) is 64.7 Å². The fourth-order valence-corrected chi connectivity index (χ4v) is 4.69. The number of aliphatic imine (C=N–C) groups is 1. The molecule has 1 amide bonds. The van der Waals surface area contributed by atoms with Crippen LogP contribution in [0.1, 0.15) is 59.6 Å². The fraction of sp³-hybridized carbons (Fsp3) is 0.455. The van der Waals surface area contributed by atoms with Gasteiger partial charge in [-0.05, 0) is 75.0 Å². The van der Waals surface area contributed by atoms with Crippen molar-refractivity contribution in [3.8, 4) is 5.75 Å². The van der Waals surface area contributed by atoms with Crippen molar-refractivity contribution in [2.75, 3.05) is 46.9 Å². The number of aryl methyl sites for hydroxylation is 1. The Morgan fingerprint density at radius 2 is 1.93 bits per heavy atom. The molecule has 0 saturated carbocycles. The number of nitrogens with two attached hydrogens (primary N) is 1. The molecule has 2 rings (SSSR count). The fourth-order valence-electron chi connectivity index (χ4n) is 3.79. The largest absolute Gasteiger partial charge is 0.497 e. The number of methoxy groups -OCH3 is 1. The van der Waals surface area contributed by atoms with Crippen LogP contribution >= 0.6 is 11.3 Å². The maximum absolute atomic E-state index is 12.2. The van der Waals surface area contributed by atoms with E-state index in [1.165, 1.54) is 23.3 Å². The molecule has 0 atom stereocenters. The number of thiophene rings is 1. The average molecular weight is 598 g/mol. The highest BCUT2D eigenvalue weighted by molar-refractivity contribution is 7.14. The highest BCUT2D eigenvalue weighted by Crippen LogP contribution is 2.17. The van der Waals surface area contributed by atoms with Gasteiger partial charge in [0.1, 0.15) is 5.75 Å². The van der Waals surface area contributed by atoms with Crippen LogP contribution in [-0.4, -0.2) is 68.8 Å². The van der Waals surface area contributed by atoms with Crippen LogP contribution in [0.4, 0.5) is 0 Å². The van der Waals surface area contributed by atoms with Crippen LogP contribution in [-0.2, 0) is 12.8 Å². The van der Waals surface area contributed by atoms with Crippen molar-refractivity contribution in [2.24, 2.45) is 10.7 Å². The number of carbonyl (C=O) groups excluding carboxylic acids is 1. The van der Waals surface area contributed by atoms with Gasteiger partial charge in [0.2, 0.25) is 0 Å². The molecule has 0 aliphatic heterocycles. The van der Waals surface area contributed by atoms with Gasteiger partial charge in [0.05, 0.1) is 18.6 Å². The number of unbranched alkanes of at least 4 members (excludes halogenated alkanes) is 1. The quantitative estimate of drug-likeness (QED) is 0.0802. The number of amides is 1. The van der Waals surface area contributed by atoms with E-state index in [9.17, 15) is 4.79 Å². The lowest BCUT2D eigenvalue weighted by atomic mass is 10.1. The lowest BCUT2D eigenvalue weighted by molar-refractivity contribution is 0.0957. The number of hydrogen-bond donors (Lipinski definition) is 4. The van der Waals surface area contributed by atoms with E-state index < -0.39 is 0 Å². The standard InChI is InChI=1S/C20H26N4O2S.C13H25NO/c1-22-20(21)24-13-5-9-17-10-11-18(27-17)19(25)23-12-4-7-15-6-3-8-16(14-15)26-2;1-3-5-6-7-8-9-10-11-14(4-2)12-13-15/h3,5-6,8,10-11,13-14H,4,7,9,12H2,1-2H3,(H,23,25)(H3,21,22,24);5-8,15H,3-4,9-13H2,1-2H3/b13-5-;6-5-,8-7-. The number of aliphatic hydroxyl groups excluding tert-OH is 1. The highest BCUT2D eigenvalue weighted by Gasteiger charge is 2.08. The van der Waals surface area contributed by atoms with Crippen molar-refractivity contribution in [1.82, 2.24) is 15.5 Å². The second-order valence-corrected chi connectivity index (χ2v) is 10.6. The Morgan fingerprint density at radius 3 is 2.64 bits per heavy atom. The van der Waals surface area contributed by atoms with Gasteiger partial charge < -0.3 is 31.1 Å². The van der Waals surface area contributed by atoms with Crippen LogP contribution in [0.2, 0.25) is 0 Å². The molecule has 1 heterocycles. The van der Waals surface area contributed by atoms with Crippen molar-refractivity contribution in [3.63, 3.8) is 0 Å². The number of nitrogens with zero attached hydrogens (tertiary/aromatic N) is 2. The summed E-state index contributed by atoms with van der Waals surface area (Å²) in [6.07, 6.45) is 18.2. The number of carbonyl (C=O) groups is 1. The second-order valence-electron chi connectivity index (χ2n) is 9.40. The normalized spacial score (nSPS) is 11.8. The van der Waals surface area contributed by atoms with Gasteiger partial charge in [-0.25, -0.2) is 0 Å². The zero-order valence-electron chi connectivity index (χ0n) is 25.9. The number of ether oxygens (including phenoxy) is 1. The Balaban J connectivity index is 0.000000501. The molecule has 0 spiro atoms. The highest BCUT2D eigenvalue weighted by atomic mass is 32.1. The van der Waals surface area contributed by atoms with E-state index in [-0.39, 0.29) is 12.5 Å². The molecule has 1 aromatic carbocycles. The molecule has 232 valence electrons. The second kappa shape index (κ2) is 24.2. The van der Waals surface area contributed by atoms with Gasteiger partial charge in [-0.3, -0.25) is 9.79 Å². The first-order chi connectivity index (χ1) is 20.5. The first-order valence-corrected chi connectivity index (χ1v) is 15.6. The minimum Gasteiger partial charge on any atom is -0.497 e. The number of likely N-dealkylation sites (N-methyl/N-ethyl adjacent to an activating group) is 1. The molecule has 2 aromatic rings. The summed E-state index contributed by atoms with van der Waals surface area (Å²) in [4.78, 5) is 20.2. The lowest BCUT2D eigenvalue weighted by Crippen LogP contribution is -2.27. The van der Waals surface area contributed by atoms with E-state index in [4.69, 9.17) is 15.6 Å². The summed E-state index contributed by atoms with van der Waals surface area (Å²) >= 11 is 1.50. The molecular weight excluding hydrogens is 546 g/mol. The van der Waals surface area contributed by atoms with Crippen molar-refractivity contribution in [3.05, 3.63) is 88.3 Å². The number of hydrogen-bond acceptors (Lipinski definition) is 6. The zero-order valence-corrected chi connectivity index (χ0v) is 26.7. The summed E-state index contributed by atoms with van der Waals surface area (Å²) in [5.74, 6) is 1.20. The van der Waals surface area contributed by atoms with E-state index in [1.807, 2.05) is 36.4 Å². The molecule has 0 radical (unpaired) electrons. The van der Waals surface area contributed by atoms with Crippen LogP contribution in [0.5, 0.6) is 5.75 Å². The van der Waals surface area contributed by atoms with Gasteiger partial charge in [0, 0.05) is 37.6 Å². The van der Waals surface area contributed by atoms with Crippen LogP contribution in [0, 0.1) is 0 Å². The Bertz CT molecular complexity index is 1110. The molecular formula is C33H51N5O3S. The maximum Gasteiger partial charge on any atom is 0.261 e. The van der Waals surface area contributed by atoms with E-state index in [1.54, 1.807) is 20.4 Å². The summed E-state index contributed by atoms with van der Waals surface area (Å²) in [6, 6.07) is 11.8. The van der Waals surface area contributed by atoms with E-state index in [0.717, 1.165) is 67.2 Å². The van der Waals surface area contributed by atoms with Gasteiger partial charge in [-0.15, -0.1) is 11.3 Å². The van der Waals surface area contributed by atoms with Crippen molar-refractivity contribution in [1.29, 1.82) is 0 Å². The molecule has 0 aliphatic rings. The first kappa shape index (κ1) is 36.6. The van der Waals surface area contributed by atoms with Crippen LogP contribution in [0.3, 0.4) is 0 Å². The third-order valence-electron chi connectivity index (χ3n) is 6.18. The predicted molar refractivity (Wildman–Crippen MR) is 178 cm³/mol. The number of allylic oxidation sites excluding steroid dienone is 5. The minimum absolute atomic E-state index is 0.0265. The van der Waals surface area contributed by atoms with Gasteiger partial charge in [-0.1, -0.05) is 56.4 Å². The van der Waals surface area contributed by atoms with Gasteiger partial charge >= 0.3 is 0 Å². The maximum atomic E-state index is 12.2. The van der Waals surface area contributed by atoms with Crippen LogP contribution < -0.4 is 21.1 Å². The van der Waals surface area contributed by atoms with E-state index in [0.29, 0.717) is 12.5 Å². The Kier molecular flexibility index (Phi) is 21.1. The zero-order chi connectivity index (χ0) is 30.8. The topological polar surface area (TPSA) is 112 Å². The van der Waals surface area contributed by atoms with Gasteiger partial charge in [0.15, 0.2) is 5.96 Å². The number of benzene rings is 1. The third-order valence-corrected chi connectivity index (χ3v) is 7.29. The SMILES string of the molecule is CC/C=C\C=C/CCCN(CC)CCO.CN=C(N)N/C=C\Cc1ccc(C(=O)NCCCc2cccc(OC)c2)s1. The summed E-state index contributed by atoms with van der Waals surface area (Å²) in [6.45, 7) is 8.09. The molecule has 1 aromatic heterocycles. The summed E-state index contributed by atoms with van der Waals surface area (Å²) in [5, 5.41) is 14.6. The lowest BCUT2D eigenvalue weighted by Gasteiger charge is -2.18. The third kappa shape index (κ3) is 17.4. The van der Waals surface area contributed by atoms with Crippen molar-refractivity contribution >= 4 is 23.2 Å². The molecule has 0 aliphatic carbocycles. The number of guanidine groups is 1. The number of aliphatic hydroxyl groups is 1. The molecule has 0 fully saturated rings. The average Bonchev–Trinajstić information content (AvgIpc) is 3.49.